The summed E-state index contributed by atoms with van der Waals surface area (Å²) in [7, 11) is 1.74. The highest BCUT2D eigenvalue weighted by Gasteiger charge is 2.14. The van der Waals surface area contributed by atoms with Crippen LogP contribution in [0.3, 0.4) is 0 Å². The van der Waals surface area contributed by atoms with E-state index in [4.69, 9.17) is 4.74 Å². The van der Waals surface area contributed by atoms with E-state index in [1.54, 1.807) is 11.9 Å². The lowest BCUT2D eigenvalue weighted by atomic mass is 10.2. The molecule has 0 spiro atoms. The van der Waals surface area contributed by atoms with E-state index < -0.39 is 0 Å². The summed E-state index contributed by atoms with van der Waals surface area (Å²) in [6.45, 7) is 5.43. The number of likely N-dealkylation sites (N-methyl/N-ethyl adjacent to an activating group) is 1. The SMILES string of the molecule is Cc1ccc(NC(=O)CN(C)CC(=O)Nc2ccc(N3CCOCC3)cc2)c(Br)c1. The number of morpholine rings is 1. The number of nitrogens with zero attached hydrogens (tertiary/aromatic N) is 2. The van der Waals surface area contributed by atoms with Gasteiger partial charge in [0.15, 0.2) is 0 Å². The van der Waals surface area contributed by atoms with Crippen LogP contribution >= 0.6 is 15.9 Å². The molecule has 30 heavy (non-hydrogen) atoms. The third-order valence-corrected chi connectivity index (χ3v) is 5.41. The zero-order chi connectivity index (χ0) is 21.5. The molecule has 2 N–H and O–H groups in total. The van der Waals surface area contributed by atoms with Gasteiger partial charge in [0.25, 0.3) is 0 Å². The summed E-state index contributed by atoms with van der Waals surface area (Å²) in [6.07, 6.45) is 0. The second-order valence-corrected chi connectivity index (χ2v) is 8.25. The molecule has 1 saturated heterocycles. The first-order valence-electron chi connectivity index (χ1n) is 9.88. The summed E-state index contributed by atoms with van der Waals surface area (Å²) in [5.41, 5.74) is 3.67. The van der Waals surface area contributed by atoms with Gasteiger partial charge in [-0.3, -0.25) is 14.5 Å². The van der Waals surface area contributed by atoms with E-state index in [9.17, 15) is 9.59 Å². The maximum atomic E-state index is 12.3. The normalized spacial score (nSPS) is 13.9. The molecule has 2 aromatic carbocycles. The maximum absolute atomic E-state index is 12.3. The number of hydrogen-bond donors (Lipinski definition) is 2. The molecule has 0 aromatic heterocycles. The lowest BCUT2D eigenvalue weighted by molar-refractivity contribution is -0.119. The third-order valence-electron chi connectivity index (χ3n) is 4.75. The number of ether oxygens (including phenoxy) is 1. The van der Waals surface area contributed by atoms with Crippen LogP contribution in [0.25, 0.3) is 0 Å². The molecular weight excluding hydrogens is 448 g/mol. The molecule has 0 unspecified atom stereocenters. The number of anilines is 3. The number of amides is 2. The van der Waals surface area contributed by atoms with E-state index in [1.807, 2.05) is 49.4 Å². The van der Waals surface area contributed by atoms with E-state index in [0.717, 1.165) is 47.7 Å². The number of nitrogens with one attached hydrogen (secondary N) is 2. The molecule has 7 nitrogen and oxygen atoms in total. The molecule has 1 fully saturated rings. The number of halogens is 1. The Hall–Kier alpha value is -2.42. The minimum Gasteiger partial charge on any atom is -0.378 e. The van der Waals surface area contributed by atoms with Crippen LogP contribution in [-0.4, -0.2) is 63.2 Å². The summed E-state index contributed by atoms with van der Waals surface area (Å²) in [4.78, 5) is 28.5. The molecule has 8 heteroatoms. The van der Waals surface area contributed by atoms with Crippen LogP contribution < -0.4 is 15.5 Å². The van der Waals surface area contributed by atoms with Gasteiger partial charge in [0.2, 0.25) is 11.8 Å². The average Bonchev–Trinajstić information content (AvgIpc) is 2.71. The molecule has 2 amide bonds. The van der Waals surface area contributed by atoms with Crippen LogP contribution in [0.2, 0.25) is 0 Å². The van der Waals surface area contributed by atoms with Crippen LogP contribution in [-0.2, 0) is 14.3 Å². The van der Waals surface area contributed by atoms with Gasteiger partial charge in [-0.15, -0.1) is 0 Å². The fraction of sp³-hybridized carbons (Fsp3) is 0.364. The number of hydrogen-bond acceptors (Lipinski definition) is 5. The van der Waals surface area contributed by atoms with E-state index >= 15 is 0 Å². The highest BCUT2D eigenvalue weighted by Crippen LogP contribution is 2.23. The van der Waals surface area contributed by atoms with Gasteiger partial charge in [0, 0.05) is 28.9 Å². The Morgan fingerprint density at radius 2 is 1.67 bits per heavy atom. The van der Waals surface area contributed by atoms with Crippen molar-refractivity contribution in [1.29, 1.82) is 0 Å². The largest absolute Gasteiger partial charge is 0.378 e. The fourth-order valence-electron chi connectivity index (χ4n) is 3.24. The third kappa shape index (κ3) is 6.55. The summed E-state index contributed by atoms with van der Waals surface area (Å²) < 4.78 is 6.20. The van der Waals surface area contributed by atoms with Crippen molar-refractivity contribution >= 4 is 44.8 Å². The first-order valence-corrected chi connectivity index (χ1v) is 10.7. The van der Waals surface area contributed by atoms with Crippen molar-refractivity contribution in [3.63, 3.8) is 0 Å². The lowest BCUT2D eigenvalue weighted by Gasteiger charge is -2.28. The molecule has 0 radical (unpaired) electrons. The quantitative estimate of drug-likeness (QED) is 0.644. The van der Waals surface area contributed by atoms with Crippen LogP contribution in [0, 0.1) is 6.92 Å². The molecular formula is C22H27BrN4O3. The van der Waals surface area contributed by atoms with Crippen LogP contribution in [0.5, 0.6) is 0 Å². The summed E-state index contributed by atoms with van der Waals surface area (Å²) in [5, 5.41) is 5.73. The zero-order valence-electron chi connectivity index (χ0n) is 17.3. The molecule has 0 atom stereocenters. The van der Waals surface area contributed by atoms with Crippen LogP contribution in [0.15, 0.2) is 46.9 Å². The monoisotopic (exact) mass is 474 g/mol. The second kappa shape index (κ2) is 10.6. The predicted molar refractivity (Wildman–Crippen MR) is 123 cm³/mol. The van der Waals surface area contributed by atoms with Gasteiger partial charge in [-0.05, 0) is 71.9 Å². The van der Waals surface area contributed by atoms with Gasteiger partial charge in [-0.25, -0.2) is 0 Å². The van der Waals surface area contributed by atoms with Crippen molar-refractivity contribution in [1.82, 2.24) is 4.90 Å². The van der Waals surface area contributed by atoms with E-state index in [-0.39, 0.29) is 24.9 Å². The maximum Gasteiger partial charge on any atom is 0.238 e. The fourth-order valence-corrected chi connectivity index (χ4v) is 3.83. The second-order valence-electron chi connectivity index (χ2n) is 7.40. The minimum absolute atomic E-state index is 0.115. The van der Waals surface area contributed by atoms with Gasteiger partial charge >= 0.3 is 0 Å². The Balaban J connectivity index is 1.45. The topological polar surface area (TPSA) is 73.9 Å². The summed E-state index contributed by atoms with van der Waals surface area (Å²) in [6, 6.07) is 13.5. The molecule has 2 aromatic rings. The number of rotatable bonds is 7. The van der Waals surface area contributed by atoms with Gasteiger partial charge in [0.05, 0.1) is 32.0 Å². The van der Waals surface area contributed by atoms with Crippen molar-refractivity contribution in [2.24, 2.45) is 0 Å². The molecule has 0 bridgehead atoms. The Bertz CT molecular complexity index is 882. The van der Waals surface area contributed by atoms with Gasteiger partial charge in [-0.2, -0.15) is 0 Å². The van der Waals surface area contributed by atoms with Crippen molar-refractivity contribution in [3.8, 4) is 0 Å². The van der Waals surface area contributed by atoms with Crippen molar-refractivity contribution in [2.45, 2.75) is 6.92 Å². The summed E-state index contributed by atoms with van der Waals surface area (Å²) in [5.74, 6) is -0.342. The van der Waals surface area contributed by atoms with E-state index in [1.165, 1.54) is 0 Å². The number of aryl methyl sites for hydroxylation is 1. The Morgan fingerprint density at radius 1 is 1.03 bits per heavy atom. The molecule has 1 aliphatic rings. The van der Waals surface area contributed by atoms with Gasteiger partial charge in [0.1, 0.15) is 0 Å². The van der Waals surface area contributed by atoms with E-state index in [2.05, 4.69) is 31.5 Å². The molecule has 3 rings (SSSR count). The molecule has 1 aliphatic heterocycles. The highest BCUT2D eigenvalue weighted by molar-refractivity contribution is 9.10. The van der Waals surface area contributed by atoms with Crippen molar-refractivity contribution in [2.75, 3.05) is 62.0 Å². The molecule has 0 aliphatic carbocycles. The molecule has 1 heterocycles. The highest BCUT2D eigenvalue weighted by atomic mass is 79.9. The number of carbonyl (C=O) groups is 2. The van der Waals surface area contributed by atoms with Crippen LogP contribution in [0.4, 0.5) is 17.1 Å². The van der Waals surface area contributed by atoms with Crippen molar-refractivity contribution in [3.05, 3.63) is 52.5 Å². The van der Waals surface area contributed by atoms with E-state index in [0.29, 0.717) is 5.69 Å². The Morgan fingerprint density at radius 3 is 2.30 bits per heavy atom. The van der Waals surface area contributed by atoms with Crippen molar-refractivity contribution < 1.29 is 14.3 Å². The smallest absolute Gasteiger partial charge is 0.238 e. The Labute approximate surface area is 185 Å². The first kappa shape index (κ1) is 22.3. The summed E-state index contributed by atoms with van der Waals surface area (Å²) >= 11 is 3.45. The van der Waals surface area contributed by atoms with Gasteiger partial charge in [-0.1, -0.05) is 6.07 Å². The zero-order valence-corrected chi connectivity index (χ0v) is 18.9. The first-order chi connectivity index (χ1) is 14.4. The molecule has 160 valence electrons. The molecule has 0 saturated carbocycles. The lowest BCUT2D eigenvalue weighted by Crippen LogP contribution is -2.36. The number of carbonyl (C=O) groups excluding carboxylic acids is 2. The minimum atomic E-state index is -0.176. The van der Waals surface area contributed by atoms with Crippen LogP contribution in [0.1, 0.15) is 5.56 Å². The Kier molecular flexibility index (Phi) is 7.84. The average molecular weight is 475 g/mol. The standard InChI is InChI=1S/C22H27BrN4O3/c1-16-3-8-20(19(23)13-16)25-22(29)15-26(2)14-21(28)24-17-4-6-18(7-5-17)27-9-11-30-12-10-27/h3-8,13H,9-12,14-15H2,1-2H3,(H,24,28)(H,25,29). The number of benzene rings is 2. The predicted octanol–water partition coefficient (Wildman–Crippen LogP) is 3.10. The van der Waals surface area contributed by atoms with Gasteiger partial charge < -0.3 is 20.3 Å².